The van der Waals surface area contributed by atoms with Crippen molar-refractivity contribution in [2.45, 2.75) is 4.90 Å². The van der Waals surface area contributed by atoms with Gasteiger partial charge in [0.05, 0.1) is 15.5 Å². The van der Waals surface area contributed by atoms with Crippen LogP contribution in [-0.2, 0) is 9.84 Å². The number of amides is 1. The highest BCUT2D eigenvalue weighted by Crippen LogP contribution is 2.21. The van der Waals surface area contributed by atoms with Gasteiger partial charge in [-0.05, 0) is 46.3 Å². The van der Waals surface area contributed by atoms with Crippen LogP contribution in [-0.4, -0.2) is 25.6 Å². The molecule has 0 fully saturated rings. The number of rotatable bonds is 3. The van der Waals surface area contributed by atoms with E-state index in [0.717, 1.165) is 10.7 Å². The zero-order chi connectivity index (χ0) is 15.6. The Morgan fingerprint density at radius 2 is 2.00 bits per heavy atom. The van der Waals surface area contributed by atoms with Gasteiger partial charge in [-0.2, -0.15) is 0 Å². The van der Waals surface area contributed by atoms with Gasteiger partial charge in [0.1, 0.15) is 5.82 Å². The van der Waals surface area contributed by atoms with Crippen LogP contribution < -0.4 is 5.32 Å². The maximum Gasteiger partial charge on any atom is 0.258 e. The minimum Gasteiger partial charge on any atom is -0.307 e. The second kappa shape index (κ2) is 6.13. The molecule has 0 aliphatic heterocycles. The van der Waals surface area contributed by atoms with Gasteiger partial charge in [-0.25, -0.2) is 13.4 Å². The Hall–Kier alpha value is -1.44. The van der Waals surface area contributed by atoms with Gasteiger partial charge in [0.2, 0.25) is 0 Å². The summed E-state index contributed by atoms with van der Waals surface area (Å²) in [6, 6.07) is 7.30. The molecule has 0 aliphatic carbocycles. The van der Waals surface area contributed by atoms with Crippen molar-refractivity contribution in [3.8, 4) is 0 Å². The molecule has 0 radical (unpaired) electrons. The molecule has 2 aromatic rings. The topological polar surface area (TPSA) is 76.1 Å². The molecule has 110 valence electrons. The van der Waals surface area contributed by atoms with E-state index >= 15 is 0 Å². The van der Waals surface area contributed by atoms with E-state index in [1.807, 2.05) is 0 Å². The first kappa shape index (κ1) is 15.9. The number of anilines is 1. The Labute approximate surface area is 135 Å². The van der Waals surface area contributed by atoms with Gasteiger partial charge in [0.15, 0.2) is 9.84 Å². The van der Waals surface area contributed by atoms with Gasteiger partial charge >= 0.3 is 0 Å². The average molecular weight is 390 g/mol. The van der Waals surface area contributed by atoms with E-state index < -0.39 is 15.7 Å². The van der Waals surface area contributed by atoms with Crippen LogP contribution in [0.3, 0.4) is 0 Å². The van der Waals surface area contributed by atoms with Gasteiger partial charge in [-0.1, -0.05) is 11.6 Å². The van der Waals surface area contributed by atoms with Gasteiger partial charge in [0, 0.05) is 16.9 Å². The summed E-state index contributed by atoms with van der Waals surface area (Å²) in [4.78, 5) is 16.2. The molecular weight excluding hydrogens is 380 g/mol. The molecule has 21 heavy (non-hydrogen) atoms. The summed E-state index contributed by atoms with van der Waals surface area (Å²) in [6.45, 7) is 0. The van der Waals surface area contributed by atoms with Gasteiger partial charge in [-0.3, -0.25) is 4.79 Å². The average Bonchev–Trinajstić information content (AvgIpc) is 2.40. The number of hydrogen-bond donors (Lipinski definition) is 1. The highest BCUT2D eigenvalue weighted by molar-refractivity contribution is 9.10. The van der Waals surface area contributed by atoms with Gasteiger partial charge in [0.25, 0.3) is 5.91 Å². The monoisotopic (exact) mass is 388 g/mol. The number of pyridine rings is 1. The van der Waals surface area contributed by atoms with E-state index in [0.29, 0.717) is 5.82 Å². The summed E-state index contributed by atoms with van der Waals surface area (Å²) in [5, 5.41) is 2.72. The molecule has 0 saturated carbocycles. The van der Waals surface area contributed by atoms with E-state index in [9.17, 15) is 13.2 Å². The lowest BCUT2D eigenvalue weighted by molar-refractivity contribution is 0.102. The summed E-state index contributed by atoms with van der Waals surface area (Å²) >= 11 is 9.19. The first-order valence-corrected chi connectivity index (χ1v) is 8.76. The Balaban J connectivity index is 2.32. The summed E-state index contributed by atoms with van der Waals surface area (Å²) < 4.78 is 23.8. The van der Waals surface area contributed by atoms with E-state index in [1.165, 1.54) is 24.4 Å². The van der Waals surface area contributed by atoms with E-state index in [1.54, 1.807) is 12.1 Å². The summed E-state index contributed by atoms with van der Waals surface area (Å²) in [5.41, 5.74) is 0.0734. The second-order valence-corrected chi connectivity index (χ2v) is 7.57. The Kier molecular flexibility index (Phi) is 4.65. The third-order valence-corrected chi connectivity index (χ3v) is 4.49. The number of hydrogen-bond acceptors (Lipinski definition) is 4. The maximum absolute atomic E-state index is 12.2. The number of aromatic nitrogens is 1. The van der Waals surface area contributed by atoms with Crippen LogP contribution in [0.4, 0.5) is 5.82 Å². The van der Waals surface area contributed by atoms with Crippen molar-refractivity contribution < 1.29 is 13.2 Å². The van der Waals surface area contributed by atoms with Crippen molar-refractivity contribution in [2.75, 3.05) is 11.6 Å². The molecule has 0 atom stereocenters. The summed E-state index contributed by atoms with van der Waals surface area (Å²) in [7, 11) is -3.41. The van der Waals surface area contributed by atoms with Crippen molar-refractivity contribution in [1.29, 1.82) is 0 Å². The van der Waals surface area contributed by atoms with Gasteiger partial charge in [-0.15, -0.1) is 0 Å². The maximum atomic E-state index is 12.2. The Morgan fingerprint density at radius 1 is 1.29 bits per heavy atom. The van der Waals surface area contributed by atoms with Crippen LogP contribution in [0.15, 0.2) is 45.9 Å². The Bertz CT molecular complexity index is 792. The fourth-order valence-electron chi connectivity index (χ4n) is 1.54. The normalized spacial score (nSPS) is 11.2. The molecular formula is C13H10BrClN2O3S. The number of carbonyl (C=O) groups excluding carboxylic acids is 1. The fourth-order valence-corrected chi connectivity index (χ4v) is 2.63. The predicted octanol–water partition coefficient (Wildman–Crippen LogP) is 3.15. The summed E-state index contributed by atoms with van der Waals surface area (Å²) in [5.74, 6) is -0.190. The van der Waals surface area contributed by atoms with Crippen molar-refractivity contribution in [3.63, 3.8) is 0 Å². The van der Waals surface area contributed by atoms with E-state index in [-0.39, 0.29) is 15.5 Å². The second-order valence-electron chi connectivity index (χ2n) is 4.23. The van der Waals surface area contributed by atoms with Crippen LogP contribution in [0.5, 0.6) is 0 Å². The van der Waals surface area contributed by atoms with Crippen molar-refractivity contribution in [3.05, 3.63) is 51.6 Å². The number of benzene rings is 1. The van der Waals surface area contributed by atoms with Crippen LogP contribution in [0, 0.1) is 0 Å². The third-order valence-electron chi connectivity index (χ3n) is 2.58. The van der Waals surface area contributed by atoms with E-state index in [2.05, 4.69) is 26.2 Å². The van der Waals surface area contributed by atoms with Gasteiger partial charge < -0.3 is 5.32 Å². The number of halogens is 2. The molecule has 1 N–H and O–H groups in total. The minimum absolute atomic E-state index is 0.0285. The molecule has 1 heterocycles. The van der Waals surface area contributed by atoms with E-state index in [4.69, 9.17) is 11.6 Å². The van der Waals surface area contributed by atoms with Crippen LogP contribution in [0.1, 0.15) is 10.4 Å². The molecule has 1 aromatic heterocycles. The Morgan fingerprint density at radius 3 is 2.57 bits per heavy atom. The summed E-state index contributed by atoms with van der Waals surface area (Å²) in [6.07, 6.45) is 2.60. The number of sulfone groups is 1. The van der Waals surface area contributed by atoms with Crippen LogP contribution >= 0.6 is 27.5 Å². The first-order valence-electron chi connectivity index (χ1n) is 5.70. The highest BCUT2D eigenvalue weighted by atomic mass is 79.9. The molecule has 0 spiro atoms. The quantitative estimate of drug-likeness (QED) is 0.875. The minimum atomic E-state index is -3.41. The lowest BCUT2D eigenvalue weighted by Crippen LogP contribution is -2.14. The molecule has 0 saturated heterocycles. The van der Waals surface area contributed by atoms with Crippen LogP contribution in [0.2, 0.25) is 5.02 Å². The third kappa shape index (κ3) is 4.03. The number of nitrogens with zero attached hydrogens (tertiary/aromatic N) is 1. The molecule has 1 aromatic carbocycles. The lowest BCUT2D eigenvalue weighted by Gasteiger charge is -2.07. The zero-order valence-corrected chi connectivity index (χ0v) is 14.0. The highest BCUT2D eigenvalue weighted by Gasteiger charge is 2.16. The number of carbonyl (C=O) groups is 1. The van der Waals surface area contributed by atoms with Crippen molar-refractivity contribution in [1.82, 2.24) is 4.98 Å². The first-order chi connectivity index (χ1) is 9.77. The number of nitrogens with one attached hydrogen (secondary N) is 1. The standard InChI is InChI=1S/C13H10BrClN2O3S/c1-21(19,20)9-3-4-11(15)10(6-9)13(18)17-12-5-2-8(14)7-16-12/h2-7H,1H3,(H,16,17,18). The molecule has 5 nitrogen and oxygen atoms in total. The fraction of sp³-hybridized carbons (Fsp3) is 0.0769. The molecule has 8 heteroatoms. The predicted molar refractivity (Wildman–Crippen MR) is 84.5 cm³/mol. The zero-order valence-electron chi connectivity index (χ0n) is 10.8. The molecule has 2 rings (SSSR count). The SMILES string of the molecule is CS(=O)(=O)c1ccc(Cl)c(C(=O)Nc2ccc(Br)cn2)c1. The largest absolute Gasteiger partial charge is 0.307 e. The van der Waals surface area contributed by atoms with Crippen molar-refractivity contribution >= 4 is 49.1 Å². The smallest absolute Gasteiger partial charge is 0.258 e. The lowest BCUT2D eigenvalue weighted by atomic mass is 10.2. The molecule has 1 amide bonds. The molecule has 0 unspecified atom stereocenters. The molecule has 0 bridgehead atoms. The van der Waals surface area contributed by atoms with Crippen molar-refractivity contribution in [2.24, 2.45) is 0 Å². The molecule has 0 aliphatic rings. The van der Waals surface area contributed by atoms with Crippen LogP contribution in [0.25, 0.3) is 0 Å².